The van der Waals surface area contributed by atoms with Gasteiger partial charge in [-0.25, -0.2) is 4.98 Å². The van der Waals surface area contributed by atoms with Crippen LogP contribution in [0.25, 0.3) is 10.9 Å². The van der Waals surface area contributed by atoms with Crippen molar-refractivity contribution < 1.29 is 9.53 Å². The molecule has 3 aliphatic rings. The van der Waals surface area contributed by atoms with E-state index in [2.05, 4.69) is 17.1 Å². The molecule has 2 aliphatic carbocycles. The van der Waals surface area contributed by atoms with Crippen LogP contribution >= 0.6 is 0 Å². The summed E-state index contributed by atoms with van der Waals surface area (Å²) in [4.78, 5) is 19.1. The molecule has 4 nitrogen and oxygen atoms in total. The highest BCUT2D eigenvalue weighted by atomic mass is 16.5. The molecule has 4 heteroatoms. The minimum Gasteiger partial charge on any atom is -0.471 e. The van der Waals surface area contributed by atoms with Crippen LogP contribution in [-0.4, -0.2) is 35.0 Å². The third-order valence-corrected chi connectivity index (χ3v) is 5.62. The van der Waals surface area contributed by atoms with Gasteiger partial charge in [-0.3, -0.25) is 4.79 Å². The largest absolute Gasteiger partial charge is 0.471 e. The van der Waals surface area contributed by atoms with E-state index in [1.165, 1.54) is 6.42 Å². The third kappa shape index (κ3) is 2.29. The molecule has 122 valence electrons. The molecular formula is C20H20N2O2. The van der Waals surface area contributed by atoms with Crippen LogP contribution in [0.3, 0.4) is 0 Å². The number of ether oxygens (including phenoxy) is 1. The van der Waals surface area contributed by atoms with Gasteiger partial charge in [0.2, 0.25) is 11.8 Å². The summed E-state index contributed by atoms with van der Waals surface area (Å²) in [6, 6.07) is 12.0. The van der Waals surface area contributed by atoms with E-state index in [1.807, 2.05) is 41.3 Å². The Morgan fingerprint density at radius 1 is 1.08 bits per heavy atom. The molecule has 2 bridgehead atoms. The van der Waals surface area contributed by atoms with E-state index < -0.39 is 0 Å². The van der Waals surface area contributed by atoms with Gasteiger partial charge in [0.15, 0.2) is 0 Å². The van der Waals surface area contributed by atoms with E-state index in [4.69, 9.17) is 4.74 Å². The van der Waals surface area contributed by atoms with Crippen molar-refractivity contribution in [1.82, 2.24) is 9.88 Å². The zero-order chi connectivity index (χ0) is 16.1. The quantitative estimate of drug-likeness (QED) is 0.816. The predicted octanol–water partition coefficient (Wildman–Crippen LogP) is 3.04. The number of likely N-dealkylation sites (tertiary alicyclic amines) is 1. The smallest absolute Gasteiger partial charge is 0.226 e. The lowest BCUT2D eigenvalue weighted by molar-refractivity contribution is -0.145. The number of amides is 1. The molecule has 1 saturated carbocycles. The third-order valence-electron chi connectivity index (χ3n) is 5.62. The van der Waals surface area contributed by atoms with Crippen molar-refractivity contribution in [2.24, 2.45) is 17.8 Å². The zero-order valence-electron chi connectivity index (χ0n) is 13.5. The molecule has 1 aliphatic heterocycles. The number of aromatic nitrogens is 1. The molecular weight excluding hydrogens is 300 g/mol. The van der Waals surface area contributed by atoms with Crippen LogP contribution in [0, 0.1) is 17.8 Å². The van der Waals surface area contributed by atoms with Crippen LogP contribution in [0.15, 0.2) is 48.6 Å². The average Bonchev–Trinajstić information content (AvgIpc) is 3.20. The highest BCUT2D eigenvalue weighted by Gasteiger charge is 2.44. The fraction of sp³-hybridized carbons (Fsp3) is 0.400. The first-order valence-electron chi connectivity index (χ1n) is 8.76. The van der Waals surface area contributed by atoms with Gasteiger partial charge < -0.3 is 9.64 Å². The summed E-state index contributed by atoms with van der Waals surface area (Å²) in [5.41, 5.74) is 0.941. The molecule has 2 fully saturated rings. The van der Waals surface area contributed by atoms with E-state index in [-0.39, 0.29) is 12.0 Å². The topological polar surface area (TPSA) is 42.4 Å². The lowest BCUT2D eigenvalue weighted by atomic mass is 9.91. The van der Waals surface area contributed by atoms with Crippen LogP contribution in [0.2, 0.25) is 0 Å². The first-order valence-corrected chi connectivity index (χ1v) is 8.76. The highest BCUT2D eigenvalue weighted by molar-refractivity contribution is 5.81. The number of fused-ring (bicyclic) bond motifs is 3. The van der Waals surface area contributed by atoms with E-state index in [1.54, 1.807) is 0 Å². The summed E-state index contributed by atoms with van der Waals surface area (Å²) >= 11 is 0. The summed E-state index contributed by atoms with van der Waals surface area (Å²) < 4.78 is 5.94. The normalized spacial score (nSPS) is 28.3. The minimum absolute atomic E-state index is 0.0664. The van der Waals surface area contributed by atoms with Gasteiger partial charge in [0, 0.05) is 17.4 Å². The number of pyridine rings is 1. The molecule has 3 unspecified atom stereocenters. The maximum absolute atomic E-state index is 12.6. The van der Waals surface area contributed by atoms with E-state index in [0.29, 0.717) is 36.7 Å². The number of hydrogen-bond donors (Lipinski definition) is 0. The van der Waals surface area contributed by atoms with E-state index in [9.17, 15) is 4.79 Å². The van der Waals surface area contributed by atoms with Gasteiger partial charge in [0.05, 0.1) is 18.6 Å². The number of allylic oxidation sites excluding steroid dienone is 2. The molecule has 1 saturated heterocycles. The Morgan fingerprint density at radius 2 is 1.96 bits per heavy atom. The maximum Gasteiger partial charge on any atom is 0.226 e. The average molecular weight is 320 g/mol. The molecule has 24 heavy (non-hydrogen) atoms. The van der Waals surface area contributed by atoms with Gasteiger partial charge in [-0.1, -0.05) is 30.4 Å². The minimum atomic E-state index is 0.0664. The number of carbonyl (C=O) groups is 1. The monoisotopic (exact) mass is 320 g/mol. The summed E-state index contributed by atoms with van der Waals surface area (Å²) in [7, 11) is 0. The predicted molar refractivity (Wildman–Crippen MR) is 91.6 cm³/mol. The van der Waals surface area contributed by atoms with Crippen molar-refractivity contribution in [2.75, 3.05) is 13.1 Å². The summed E-state index contributed by atoms with van der Waals surface area (Å²) in [5, 5.41) is 1.11. The van der Waals surface area contributed by atoms with Crippen molar-refractivity contribution in [1.29, 1.82) is 0 Å². The number of hydrogen-bond acceptors (Lipinski definition) is 3. The second kappa shape index (κ2) is 5.33. The lowest BCUT2D eigenvalue weighted by Gasteiger charge is -2.40. The van der Waals surface area contributed by atoms with Crippen LogP contribution in [-0.2, 0) is 4.79 Å². The second-order valence-corrected chi connectivity index (χ2v) is 7.21. The fourth-order valence-electron chi connectivity index (χ4n) is 4.28. The zero-order valence-corrected chi connectivity index (χ0v) is 13.5. The number of benzene rings is 1. The number of para-hydroxylation sites is 1. The molecule has 2 aromatic rings. The molecule has 1 aromatic heterocycles. The van der Waals surface area contributed by atoms with Crippen molar-refractivity contribution in [3.63, 3.8) is 0 Å². The Labute approximate surface area is 141 Å². The first kappa shape index (κ1) is 14.0. The molecule has 3 atom stereocenters. The number of carbonyl (C=O) groups excluding carboxylic acids is 1. The Bertz CT molecular complexity index is 825. The van der Waals surface area contributed by atoms with E-state index >= 15 is 0 Å². The first-order chi connectivity index (χ1) is 11.8. The Hall–Kier alpha value is -2.36. The van der Waals surface area contributed by atoms with Gasteiger partial charge >= 0.3 is 0 Å². The van der Waals surface area contributed by atoms with E-state index in [0.717, 1.165) is 17.3 Å². The summed E-state index contributed by atoms with van der Waals surface area (Å²) in [6.07, 6.45) is 6.79. The Kier molecular flexibility index (Phi) is 3.12. The van der Waals surface area contributed by atoms with Gasteiger partial charge in [-0.2, -0.15) is 0 Å². The number of nitrogens with zero attached hydrogens (tertiary/aromatic N) is 2. The van der Waals surface area contributed by atoms with Crippen molar-refractivity contribution in [3.05, 3.63) is 48.6 Å². The molecule has 0 N–H and O–H groups in total. The van der Waals surface area contributed by atoms with Crippen LogP contribution < -0.4 is 4.74 Å². The SMILES string of the molecule is O=C(C1CC2C=CC1C2)N1CC(Oc2ccc3ccccc3n2)C1. The van der Waals surface area contributed by atoms with Crippen molar-refractivity contribution >= 4 is 16.8 Å². The van der Waals surface area contributed by atoms with Crippen LogP contribution in [0.4, 0.5) is 0 Å². The molecule has 0 spiro atoms. The Morgan fingerprint density at radius 3 is 2.75 bits per heavy atom. The molecule has 5 rings (SSSR count). The summed E-state index contributed by atoms with van der Waals surface area (Å²) in [5.74, 6) is 2.29. The highest BCUT2D eigenvalue weighted by Crippen LogP contribution is 2.44. The van der Waals surface area contributed by atoms with Gasteiger partial charge in [-0.15, -0.1) is 0 Å². The summed E-state index contributed by atoms with van der Waals surface area (Å²) in [6.45, 7) is 1.37. The lowest BCUT2D eigenvalue weighted by Crippen LogP contribution is -2.58. The van der Waals surface area contributed by atoms with Crippen molar-refractivity contribution in [3.8, 4) is 5.88 Å². The van der Waals surface area contributed by atoms with Gasteiger partial charge in [0.25, 0.3) is 0 Å². The van der Waals surface area contributed by atoms with Crippen molar-refractivity contribution in [2.45, 2.75) is 18.9 Å². The number of rotatable bonds is 3. The second-order valence-electron chi connectivity index (χ2n) is 7.21. The molecule has 2 heterocycles. The Balaban J connectivity index is 1.20. The fourth-order valence-corrected chi connectivity index (χ4v) is 4.28. The van der Waals surface area contributed by atoms with Gasteiger partial charge in [0.1, 0.15) is 6.10 Å². The van der Waals surface area contributed by atoms with Gasteiger partial charge in [-0.05, 0) is 36.8 Å². The standard InChI is InChI=1S/C20H20N2O2/c23-20(17-10-13-5-6-15(17)9-13)22-11-16(12-22)24-19-8-7-14-3-1-2-4-18(14)21-19/h1-8,13,15-17H,9-12H2. The molecule has 1 aromatic carbocycles. The molecule has 1 amide bonds. The molecule has 0 radical (unpaired) electrons. The van der Waals surface area contributed by atoms with Crippen LogP contribution in [0.5, 0.6) is 5.88 Å². The van der Waals surface area contributed by atoms with Crippen LogP contribution in [0.1, 0.15) is 12.8 Å². The maximum atomic E-state index is 12.6.